The second-order valence-electron chi connectivity index (χ2n) is 4.46. The Hall–Kier alpha value is -2.04. The zero-order valence-electron chi connectivity index (χ0n) is 10.5. The molecule has 2 N–H and O–H groups in total. The first kappa shape index (κ1) is 12.4. The van der Waals surface area contributed by atoms with Gasteiger partial charge in [-0.25, -0.2) is 4.79 Å². The standard InChI is InChI=1S/C13H16N2O3/c1-8-9(4-3-5-10(8)14)13(17)18-11-6-7-15(2)12(11)16/h3-5,11H,6-7,14H2,1-2H3. The summed E-state index contributed by atoms with van der Waals surface area (Å²) in [5, 5.41) is 0. The lowest BCUT2D eigenvalue weighted by Crippen LogP contribution is -2.29. The zero-order chi connectivity index (χ0) is 13.3. The van der Waals surface area contributed by atoms with Crippen LogP contribution in [0.2, 0.25) is 0 Å². The average Bonchev–Trinajstić information content (AvgIpc) is 2.64. The Kier molecular flexibility index (Phi) is 3.23. The van der Waals surface area contributed by atoms with Crippen molar-refractivity contribution in [3.05, 3.63) is 29.3 Å². The molecule has 0 spiro atoms. The number of ether oxygens (including phenoxy) is 1. The van der Waals surface area contributed by atoms with Gasteiger partial charge in [-0.2, -0.15) is 0 Å². The molecule has 5 heteroatoms. The number of benzene rings is 1. The van der Waals surface area contributed by atoms with Gasteiger partial charge in [0.05, 0.1) is 5.56 Å². The fraction of sp³-hybridized carbons (Fsp3) is 0.385. The topological polar surface area (TPSA) is 72.6 Å². The second-order valence-corrected chi connectivity index (χ2v) is 4.46. The maximum absolute atomic E-state index is 12.0. The number of likely N-dealkylation sites (N-methyl/N-ethyl adjacent to an activating group) is 1. The summed E-state index contributed by atoms with van der Waals surface area (Å²) in [5.41, 5.74) is 7.37. The Morgan fingerprint density at radius 3 is 2.83 bits per heavy atom. The van der Waals surface area contributed by atoms with Crippen molar-refractivity contribution in [2.75, 3.05) is 19.3 Å². The molecule has 1 unspecified atom stereocenters. The van der Waals surface area contributed by atoms with E-state index < -0.39 is 12.1 Å². The molecule has 1 aromatic carbocycles. The van der Waals surface area contributed by atoms with E-state index in [0.717, 1.165) is 0 Å². The molecule has 0 radical (unpaired) electrons. The number of esters is 1. The Balaban J connectivity index is 2.13. The van der Waals surface area contributed by atoms with Gasteiger partial charge in [-0.1, -0.05) is 6.07 Å². The molecular formula is C13H16N2O3. The van der Waals surface area contributed by atoms with Gasteiger partial charge < -0.3 is 15.4 Å². The van der Waals surface area contributed by atoms with Crippen molar-refractivity contribution < 1.29 is 14.3 Å². The molecule has 1 amide bonds. The molecule has 0 aliphatic carbocycles. The van der Waals surface area contributed by atoms with E-state index in [0.29, 0.717) is 29.8 Å². The number of nitrogens with zero attached hydrogens (tertiary/aromatic N) is 1. The van der Waals surface area contributed by atoms with Crippen molar-refractivity contribution in [3.63, 3.8) is 0 Å². The minimum atomic E-state index is -0.664. The average molecular weight is 248 g/mol. The van der Waals surface area contributed by atoms with Gasteiger partial charge in [-0.15, -0.1) is 0 Å². The lowest BCUT2D eigenvalue weighted by Gasteiger charge is -2.13. The van der Waals surface area contributed by atoms with Crippen LogP contribution in [0.4, 0.5) is 5.69 Å². The number of amides is 1. The Labute approximate surface area is 106 Å². The Morgan fingerprint density at radius 2 is 2.22 bits per heavy atom. The minimum Gasteiger partial charge on any atom is -0.449 e. The van der Waals surface area contributed by atoms with Crippen LogP contribution in [0.5, 0.6) is 0 Å². The molecule has 5 nitrogen and oxygen atoms in total. The Bertz CT molecular complexity index is 499. The molecule has 1 atom stereocenters. The minimum absolute atomic E-state index is 0.148. The fourth-order valence-electron chi connectivity index (χ4n) is 1.97. The van der Waals surface area contributed by atoms with Crippen LogP contribution in [-0.4, -0.2) is 36.5 Å². The number of likely N-dealkylation sites (tertiary alicyclic amines) is 1. The van der Waals surface area contributed by atoms with E-state index in [2.05, 4.69) is 0 Å². The van der Waals surface area contributed by atoms with Crippen molar-refractivity contribution >= 4 is 17.6 Å². The molecule has 96 valence electrons. The molecule has 1 saturated heterocycles. The van der Waals surface area contributed by atoms with Crippen LogP contribution in [0, 0.1) is 6.92 Å². The Morgan fingerprint density at radius 1 is 1.50 bits per heavy atom. The summed E-state index contributed by atoms with van der Waals surface area (Å²) in [6.45, 7) is 2.38. The number of nitrogen functional groups attached to an aromatic ring is 1. The van der Waals surface area contributed by atoms with Gasteiger partial charge in [0.15, 0.2) is 6.10 Å². The van der Waals surface area contributed by atoms with Crippen molar-refractivity contribution in [1.82, 2.24) is 4.90 Å². The fourth-order valence-corrected chi connectivity index (χ4v) is 1.97. The zero-order valence-corrected chi connectivity index (χ0v) is 10.5. The third-order valence-corrected chi connectivity index (χ3v) is 3.22. The lowest BCUT2D eigenvalue weighted by atomic mass is 10.1. The number of hydrogen-bond donors (Lipinski definition) is 1. The van der Waals surface area contributed by atoms with Crippen molar-refractivity contribution in [3.8, 4) is 0 Å². The number of carbonyl (C=O) groups is 2. The van der Waals surface area contributed by atoms with Crippen LogP contribution in [0.25, 0.3) is 0 Å². The van der Waals surface area contributed by atoms with Crippen LogP contribution in [0.1, 0.15) is 22.3 Å². The smallest absolute Gasteiger partial charge is 0.339 e. The molecule has 1 fully saturated rings. The predicted molar refractivity (Wildman–Crippen MR) is 67.0 cm³/mol. The molecule has 0 bridgehead atoms. The molecule has 18 heavy (non-hydrogen) atoms. The third kappa shape index (κ3) is 2.16. The van der Waals surface area contributed by atoms with Crippen LogP contribution in [-0.2, 0) is 9.53 Å². The largest absolute Gasteiger partial charge is 0.449 e. The first-order valence-electron chi connectivity index (χ1n) is 5.81. The quantitative estimate of drug-likeness (QED) is 0.625. The number of anilines is 1. The van der Waals surface area contributed by atoms with Crippen molar-refractivity contribution in [2.24, 2.45) is 0 Å². The highest BCUT2D eigenvalue weighted by molar-refractivity contribution is 5.95. The van der Waals surface area contributed by atoms with Crippen molar-refractivity contribution in [2.45, 2.75) is 19.4 Å². The van der Waals surface area contributed by atoms with E-state index in [9.17, 15) is 9.59 Å². The van der Waals surface area contributed by atoms with E-state index in [-0.39, 0.29) is 5.91 Å². The van der Waals surface area contributed by atoms with Gasteiger partial charge in [0.1, 0.15) is 0 Å². The molecule has 1 aliphatic heterocycles. The molecule has 0 aromatic heterocycles. The van der Waals surface area contributed by atoms with Gasteiger partial charge in [-0.05, 0) is 24.6 Å². The van der Waals surface area contributed by atoms with E-state index in [1.54, 1.807) is 37.1 Å². The summed E-state index contributed by atoms with van der Waals surface area (Å²) in [6.07, 6.45) is -0.119. The summed E-state index contributed by atoms with van der Waals surface area (Å²) in [5.74, 6) is -0.640. The highest BCUT2D eigenvalue weighted by Crippen LogP contribution is 2.19. The van der Waals surface area contributed by atoms with Gasteiger partial charge in [0.2, 0.25) is 0 Å². The monoisotopic (exact) mass is 248 g/mol. The maximum atomic E-state index is 12.0. The molecule has 1 aliphatic rings. The second kappa shape index (κ2) is 4.68. The molecule has 1 heterocycles. The van der Waals surface area contributed by atoms with Gasteiger partial charge in [-0.3, -0.25) is 4.79 Å². The third-order valence-electron chi connectivity index (χ3n) is 3.22. The number of carbonyl (C=O) groups excluding carboxylic acids is 2. The first-order valence-corrected chi connectivity index (χ1v) is 5.81. The summed E-state index contributed by atoms with van der Waals surface area (Å²) >= 11 is 0. The predicted octanol–water partition coefficient (Wildman–Crippen LogP) is 0.965. The number of hydrogen-bond acceptors (Lipinski definition) is 4. The SMILES string of the molecule is Cc1c(N)cccc1C(=O)OC1CCN(C)C1=O. The maximum Gasteiger partial charge on any atom is 0.339 e. The molecule has 2 rings (SSSR count). The molecule has 1 aromatic rings. The highest BCUT2D eigenvalue weighted by Gasteiger charge is 2.32. The summed E-state index contributed by atoms with van der Waals surface area (Å²) in [6, 6.07) is 5.07. The lowest BCUT2D eigenvalue weighted by molar-refractivity contribution is -0.133. The van der Waals surface area contributed by atoms with E-state index in [1.165, 1.54) is 0 Å². The van der Waals surface area contributed by atoms with E-state index >= 15 is 0 Å². The highest BCUT2D eigenvalue weighted by atomic mass is 16.5. The molecule has 0 saturated carbocycles. The van der Waals surface area contributed by atoms with Gasteiger partial charge in [0.25, 0.3) is 5.91 Å². The summed E-state index contributed by atoms with van der Waals surface area (Å²) in [7, 11) is 1.70. The molecular weight excluding hydrogens is 232 g/mol. The van der Waals surface area contributed by atoms with E-state index in [4.69, 9.17) is 10.5 Å². The van der Waals surface area contributed by atoms with Crippen molar-refractivity contribution in [1.29, 1.82) is 0 Å². The number of rotatable bonds is 2. The summed E-state index contributed by atoms with van der Waals surface area (Å²) in [4.78, 5) is 25.2. The van der Waals surface area contributed by atoms with Crippen LogP contribution < -0.4 is 5.73 Å². The normalized spacial score (nSPS) is 19.1. The van der Waals surface area contributed by atoms with Crippen LogP contribution in [0.15, 0.2) is 18.2 Å². The van der Waals surface area contributed by atoms with Gasteiger partial charge in [0, 0.05) is 25.7 Å². The van der Waals surface area contributed by atoms with E-state index in [1.807, 2.05) is 0 Å². The van der Waals surface area contributed by atoms with Gasteiger partial charge >= 0.3 is 5.97 Å². The summed E-state index contributed by atoms with van der Waals surface area (Å²) < 4.78 is 5.23. The first-order chi connectivity index (χ1) is 8.50. The number of nitrogens with two attached hydrogens (primary N) is 1. The van der Waals surface area contributed by atoms with Crippen LogP contribution in [0.3, 0.4) is 0 Å². The van der Waals surface area contributed by atoms with Crippen LogP contribution >= 0.6 is 0 Å².